The van der Waals surface area contributed by atoms with Crippen LogP contribution in [0.25, 0.3) is 10.8 Å². The van der Waals surface area contributed by atoms with Gasteiger partial charge in [-0.1, -0.05) is 42.5 Å². The van der Waals surface area contributed by atoms with Gasteiger partial charge in [-0.25, -0.2) is 14.4 Å². The van der Waals surface area contributed by atoms with Gasteiger partial charge in [-0.05, 0) is 35.6 Å². The molecule has 9 N–H and O–H groups in total. The Labute approximate surface area is 311 Å². The van der Waals surface area contributed by atoms with E-state index in [2.05, 4.69) is 14.8 Å². The number of carboxylic acid groups (broad SMARTS) is 3. The summed E-state index contributed by atoms with van der Waals surface area (Å²) < 4.78 is 69.7. The van der Waals surface area contributed by atoms with Crippen LogP contribution in [0.1, 0.15) is 31.2 Å². The van der Waals surface area contributed by atoms with Crippen LogP contribution >= 0.6 is 0 Å². The highest BCUT2D eigenvalue weighted by atomic mass is 32.2. The molecular weight excluding hydrogens is 769 g/mol. The van der Waals surface area contributed by atoms with Gasteiger partial charge >= 0.3 is 39.6 Å². The van der Waals surface area contributed by atoms with E-state index in [-0.39, 0.29) is 32.2 Å². The van der Waals surface area contributed by atoms with Crippen molar-refractivity contribution in [2.75, 3.05) is 39.6 Å². The Balaban J connectivity index is 2.04. The Kier molecular flexibility index (Phi) is 17.7. The number of fused-ring (bicyclic) bond motifs is 1. The van der Waals surface area contributed by atoms with Crippen molar-refractivity contribution in [1.82, 2.24) is 21.3 Å². The van der Waals surface area contributed by atoms with E-state index in [1.165, 1.54) is 0 Å². The molecular formula is C32H41F3N4O15S. The predicted octanol–water partition coefficient (Wildman–Crippen LogP) is -0.312. The van der Waals surface area contributed by atoms with Gasteiger partial charge in [0.15, 0.2) is 0 Å². The van der Waals surface area contributed by atoms with Crippen molar-refractivity contribution >= 4 is 56.6 Å². The van der Waals surface area contributed by atoms with Gasteiger partial charge in [0, 0.05) is 13.0 Å². The molecule has 0 aliphatic heterocycles. The average molecular weight is 811 g/mol. The van der Waals surface area contributed by atoms with Crippen molar-refractivity contribution in [2.24, 2.45) is 5.41 Å². The molecule has 306 valence electrons. The highest BCUT2D eigenvalue weighted by molar-refractivity contribution is 7.87. The minimum atomic E-state index is -6.08. The molecule has 0 bridgehead atoms. The number of ether oxygens (including phenoxy) is 1. The molecule has 0 aromatic heterocycles. The zero-order valence-electron chi connectivity index (χ0n) is 28.9. The molecule has 0 heterocycles. The quantitative estimate of drug-likeness (QED) is 0.0373. The van der Waals surface area contributed by atoms with Crippen LogP contribution in [-0.4, -0.2) is 133 Å². The fourth-order valence-corrected chi connectivity index (χ4v) is 5.29. The van der Waals surface area contributed by atoms with Crippen molar-refractivity contribution < 1.29 is 84.8 Å². The number of carbonyl (C=O) groups is 6. The van der Waals surface area contributed by atoms with E-state index < -0.39 is 114 Å². The molecule has 3 unspecified atom stereocenters. The maximum atomic E-state index is 13.3. The van der Waals surface area contributed by atoms with Gasteiger partial charge < -0.3 is 51.5 Å². The Morgan fingerprint density at radius 3 is 1.98 bits per heavy atom. The molecule has 0 radical (unpaired) electrons. The number of amides is 4. The summed E-state index contributed by atoms with van der Waals surface area (Å²) in [5, 5.41) is 57.3. The van der Waals surface area contributed by atoms with E-state index in [0.29, 0.717) is 5.56 Å². The highest BCUT2D eigenvalue weighted by Gasteiger charge is 2.48. The molecule has 2 rings (SSSR count). The molecule has 0 saturated carbocycles. The van der Waals surface area contributed by atoms with Gasteiger partial charge in [-0.15, -0.1) is 0 Å². The molecule has 19 nitrogen and oxygen atoms in total. The number of alkyl halides is 3. The molecule has 55 heavy (non-hydrogen) atoms. The van der Waals surface area contributed by atoms with Gasteiger partial charge in [0.05, 0.1) is 38.3 Å². The largest absolute Gasteiger partial charge is 0.523 e. The molecule has 0 fully saturated rings. The minimum Gasteiger partial charge on any atom is -0.481 e. The summed E-state index contributed by atoms with van der Waals surface area (Å²) in [6.07, 6.45) is -0.925. The van der Waals surface area contributed by atoms with Crippen LogP contribution in [0.5, 0.6) is 0 Å². The van der Waals surface area contributed by atoms with Crippen molar-refractivity contribution in [2.45, 2.75) is 55.7 Å². The van der Waals surface area contributed by atoms with E-state index in [0.717, 1.165) is 10.8 Å². The fraction of sp³-hybridized carbons (Fsp3) is 0.500. The lowest BCUT2D eigenvalue weighted by molar-refractivity contribution is -0.145. The van der Waals surface area contributed by atoms with Crippen molar-refractivity contribution in [3.63, 3.8) is 0 Å². The molecule has 2 aromatic carbocycles. The number of aliphatic hydroxyl groups is 2. The summed E-state index contributed by atoms with van der Waals surface area (Å²) in [5.41, 5.74) is -7.23. The lowest BCUT2D eigenvalue weighted by Crippen LogP contribution is -2.51. The van der Waals surface area contributed by atoms with Gasteiger partial charge in [0.2, 0.25) is 11.8 Å². The lowest BCUT2D eigenvalue weighted by Gasteiger charge is -2.29. The van der Waals surface area contributed by atoms with Crippen molar-refractivity contribution in [1.29, 1.82) is 0 Å². The van der Waals surface area contributed by atoms with Gasteiger partial charge in [-0.3, -0.25) is 18.6 Å². The standard InChI is InChI=1S/C32H41F3N4O15S/c33-32(34,35)55(51,52)54-18-31(15-40,16-41)17-53-14-25(42)37-23(12-19-8-9-20-5-1-2-6-21(20)11-19)27(45)36-10-4-3-7-22(28(46)47)38-30(50)39-24(29(48)49)13-26(43)44/h1-2,5-6,8-9,11,22-24,40-41H,3-4,7,10,12-18H2,(H,36,45)(H,37,42)(H,43,44)(H,46,47)(H,48,49)(H2,38,39,50). The van der Waals surface area contributed by atoms with Crippen LogP contribution in [0.15, 0.2) is 42.5 Å². The minimum absolute atomic E-state index is 0.0476. The zero-order valence-corrected chi connectivity index (χ0v) is 29.7. The number of unbranched alkanes of at least 4 members (excludes halogenated alkanes) is 1. The Morgan fingerprint density at radius 1 is 0.782 bits per heavy atom. The second-order valence-corrected chi connectivity index (χ2v) is 13.9. The van der Waals surface area contributed by atoms with E-state index in [1.807, 2.05) is 28.8 Å². The maximum absolute atomic E-state index is 13.3. The number of carboxylic acids is 3. The van der Waals surface area contributed by atoms with Gasteiger partial charge in [-0.2, -0.15) is 21.6 Å². The fourth-order valence-electron chi connectivity index (χ4n) is 4.75. The zero-order chi connectivity index (χ0) is 41.4. The van der Waals surface area contributed by atoms with Crippen LogP contribution in [-0.2, 0) is 49.4 Å². The molecule has 2 aromatic rings. The molecule has 4 amide bonds. The van der Waals surface area contributed by atoms with Crippen molar-refractivity contribution in [3.05, 3.63) is 48.0 Å². The number of nitrogens with one attached hydrogen (secondary N) is 4. The Hall–Kier alpha value is -5.10. The summed E-state index contributed by atoms with van der Waals surface area (Å²) >= 11 is 0. The van der Waals surface area contributed by atoms with E-state index in [1.54, 1.807) is 24.3 Å². The number of benzene rings is 2. The molecule has 0 aliphatic carbocycles. The van der Waals surface area contributed by atoms with Crippen LogP contribution < -0.4 is 21.3 Å². The van der Waals surface area contributed by atoms with E-state index >= 15 is 0 Å². The van der Waals surface area contributed by atoms with Crippen LogP contribution in [0.4, 0.5) is 18.0 Å². The lowest BCUT2D eigenvalue weighted by atomic mass is 9.93. The summed E-state index contributed by atoms with van der Waals surface area (Å²) in [6, 6.07) is 6.77. The number of aliphatic hydroxyl groups excluding tert-OH is 2. The number of aliphatic carboxylic acids is 3. The predicted molar refractivity (Wildman–Crippen MR) is 182 cm³/mol. The first kappa shape index (κ1) is 46.1. The third-order valence-corrected chi connectivity index (χ3v) is 8.82. The second kappa shape index (κ2) is 21.1. The number of rotatable bonds is 24. The third kappa shape index (κ3) is 15.3. The van der Waals surface area contributed by atoms with Crippen LogP contribution in [0, 0.1) is 5.41 Å². The second-order valence-electron chi connectivity index (χ2n) is 12.3. The summed E-state index contributed by atoms with van der Waals surface area (Å²) in [7, 11) is -6.08. The SMILES string of the molecule is O=C(O)CC(NC(=O)NC(CCCCNC(=O)C(Cc1ccc2ccccc2c1)NC(=O)COCC(CO)(CO)COS(=O)(=O)C(F)(F)F)C(=O)O)C(=O)O. The Morgan fingerprint density at radius 2 is 1.40 bits per heavy atom. The highest BCUT2D eigenvalue weighted by Crippen LogP contribution is 2.27. The topological polar surface area (TPSA) is 304 Å². The first-order chi connectivity index (χ1) is 25.7. The number of halogens is 3. The van der Waals surface area contributed by atoms with Crippen LogP contribution in [0.3, 0.4) is 0 Å². The monoisotopic (exact) mass is 810 g/mol. The normalized spacial score (nSPS) is 13.6. The first-order valence-electron chi connectivity index (χ1n) is 16.3. The first-order valence-corrected chi connectivity index (χ1v) is 17.7. The van der Waals surface area contributed by atoms with Crippen LogP contribution in [0.2, 0.25) is 0 Å². The number of carbonyl (C=O) groups excluding carboxylic acids is 3. The molecule has 0 aliphatic rings. The molecule has 0 spiro atoms. The maximum Gasteiger partial charge on any atom is 0.523 e. The van der Waals surface area contributed by atoms with E-state index in [9.17, 15) is 65.7 Å². The average Bonchev–Trinajstić information content (AvgIpc) is 3.11. The smallest absolute Gasteiger partial charge is 0.481 e. The van der Waals surface area contributed by atoms with Gasteiger partial charge in [0.25, 0.3) is 0 Å². The number of hydrogen-bond donors (Lipinski definition) is 9. The Bertz CT molecular complexity index is 1770. The summed E-state index contributed by atoms with van der Waals surface area (Å²) in [4.78, 5) is 71.9. The summed E-state index contributed by atoms with van der Waals surface area (Å²) in [5.74, 6) is -6.26. The third-order valence-electron chi connectivity index (χ3n) is 7.83. The summed E-state index contributed by atoms with van der Waals surface area (Å²) in [6.45, 7) is -5.27. The molecule has 0 saturated heterocycles. The molecule has 23 heteroatoms. The number of urea groups is 1. The van der Waals surface area contributed by atoms with E-state index in [4.69, 9.17) is 14.9 Å². The number of hydrogen-bond acceptors (Lipinski definition) is 12. The van der Waals surface area contributed by atoms with Crippen molar-refractivity contribution in [3.8, 4) is 0 Å². The van der Waals surface area contributed by atoms with Gasteiger partial charge in [0.1, 0.15) is 24.7 Å². The molecule has 3 atom stereocenters.